The van der Waals surface area contributed by atoms with Crippen LogP contribution >= 0.6 is 11.6 Å². The number of aliphatic hydroxyl groups excluding tert-OH is 1. The zero-order chi connectivity index (χ0) is 18.8. The molecule has 2 aromatic rings. The summed E-state index contributed by atoms with van der Waals surface area (Å²) in [4.78, 5) is 14.9. The molecule has 1 aromatic heterocycles. The summed E-state index contributed by atoms with van der Waals surface area (Å²) in [6.07, 6.45) is 0.0172. The van der Waals surface area contributed by atoms with Gasteiger partial charge < -0.3 is 29.2 Å². The minimum Gasteiger partial charge on any atom is -0.493 e. The highest BCUT2D eigenvalue weighted by molar-refractivity contribution is 6.31. The molecule has 3 aliphatic rings. The number of amides is 1. The van der Waals surface area contributed by atoms with Gasteiger partial charge >= 0.3 is 0 Å². The third-order valence-electron chi connectivity index (χ3n) is 6.18. The molecule has 4 atom stereocenters. The molecule has 3 aliphatic heterocycles. The van der Waals surface area contributed by atoms with Crippen molar-refractivity contribution in [3.05, 3.63) is 29.0 Å². The first-order valence-electron chi connectivity index (χ1n) is 9.10. The molecule has 1 aromatic carbocycles. The smallest absolute Gasteiger partial charge is 0.289 e. The van der Waals surface area contributed by atoms with E-state index in [2.05, 4.69) is 5.32 Å². The van der Waals surface area contributed by atoms with Crippen LogP contribution in [0.25, 0.3) is 11.0 Å². The Bertz CT molecular complexity index is 915. The minimum atomic E-state index is -0.418. The van der Waals surface area contributed by atoms with Gasteiger partial charge in [0, 0.05) is 54.6 Å². The number of nitrogens with one attached hydrogen (secondary N) is 1. The number of nitrogens with zero attached hydrogens (tertiary/aromatic N) is 1. The van der Waals surface area contributed by atoms with Crippen LogP contribution in [0.3, 0.4) is 0 Å². The zero-order valence-electron chi connectivity index (χ0n) is 14.9. The third-order valence-corrected chi connectivity index (χ3v) is 6.40. The number of carbonyl (C=O) groups is 1. The molecule has 0 radical (unpaired) electrons. The standard InChI is InChI=1S/C19H21ClN2O5/c1-25-14-4-11(20)2-10-3-15(26-17(10)14)18(24)22-6-13-12(7-23)16-5-21-8-19(13,9-22)27-16/h2-4,12-13,16,21,23H,5-9H2,1H3/t12-,13+,16+,19+/m0/s1. The summed E-state index contributed by atoms with van der Waals surface area (Å²) in [7, 11) is 1.54. The van der Waals surface area contributed by atoms with Crippen molar-refractivity contribution in [2.75, 3.05) is 39.9 Å². The fourth-order valence-corrected chi connectivity index (χ4v) is 5.17. The lowest BCUT2D eigenvalue weighted by Gasteiger charge is -2.33. The van der Waals surface area contributed by atoms with Gasteiger partial charge in [0.25, 0.3) is 5.91 Å². The number of likely N-dealkylation sites (tertiary alicyclic amines) is 1. The molecule has 5 rings (SSSR count). The molecular weight excluding hydrogens is 372 g/mol. The van der Waals surface area contributed by atoms with Crippen molar-refractivity contribution in [3.63, 3.8) is 0 Å². The van der Waals surface area contributed by atoms with Gasteiger partial charge in [0.2, 0.25) is 0 Å². The van der Waals surface area contributed by atoms with Gasteiger partial charge in [-0.05, 0) is 12.1 Å². The van der Waals surface area contributed by atoms with E-state index in [1.54, 1.807) is 23.1 Å². The normalized spacial score (nSPS) is 32.1. The van der Waals surface area contributed by atoms with Crippen LogP contribution in [0.4, 0.5) is 0 Å². The number of furan rings is 1. The first-order valence-corrected chi connectivity index (χ1v) is 9.48. The molecule has 4 heterocycles. The molecule has 2 bridgehead atoms. The van der Waals surface area contributed by atoms with Gasteiger partial charge in [-0.25, -0.2) is 0 Å². The Hall–Kier alpha value is -1.80. The monoisotopic (exact) mass is 392 g/mol. The molecular formula is C19H21ClN2O5. The average Bonchev–Trinajstić information content (AvgIpc) is 3.28. The van der Waals surface area contributed by atoms with Gasteiger partial charge in [-0.15, -0.1) is 0 Å². The predicted molar refractivity (Wildman–Crippen MR) is 98.2 cm³/mol. The summed E-state index contributed by atoms with van der Waals surface area (Å²) in [6.45, 7) is 2.56. The second-order valence-electron chi connectivity index (χ2n) is 7.63. The Morgan fingerprint density at radius 2 is 2.33 bits per heavy atom. The lowest BCUT2D eigenvalue weighted by atomic mass is 9.83. The zero-order valence-corrected chi connectivity index (χ0v) is 15.7. The highest BCUT2D eigenvalue weighted by Gasteiger charge is 2.61. The van der Waals surface area contributed by atoms with Crippen LogP contribution in [0.5, 0.6) is 5.75 Å². The number of aliphatic hydroxyl groups is 1. The summed E-state index contributed by atoms with van der Waals surface area (Å²) in [5.41, 5.74) is 0.0885. The van der Waals surface area contributed by atoms with Crippen molar-refractivity contribution in [1.29, 1.82) is 0 Å². The van der Waals surface area contributed by atoms with Crippen LogP contribution in [0, 0.1) is 11.8 Å². The van der Waals surface area contributed by atoms with E-state index in [4.69, 9.17) is 25.5 Å². The molecule has 3 saturated heterocycles. The number of ether oxygens (including phenoxy) is 2. The molecule has 2 N–H and O–H groups in total. The first kappa shape index (κ1) is 17.3. The second-order valence-corrected chi connectivity index (χ2v) is 8.06. The SMILES string of the molecule is COc1cc(Cl)cc2cc(C(=O)N3C[C@@H]4[C@H](CO)[C@H]5CNC[C@]4(C3)O5)oc12. The number of hydrogen-bond donors (Lipinski definition) is 2. The number of halogens is 1. The van der Waals surface area contributed by atoms with Gasteiger partial charge in [-0.1, -0.05) is 11.6 Å². The van der Waals surface area contributed by atoms with Gasteiger partial charge in [0.15, 0.2) is 17.1 Å². The number of carbonyl (C=O) groups excluding carboxylic acids is 1. The fraction of sp³-hybridized carbons (Fsp3) is 0.526. The Labute approximate surface area is 161 Å². The van der Waals surface area contributed by atoms with Crippen molar-refractivity contribution in [1.82, 2.24) is 10.2 Å². The maximum Gasteiger partial charge on any atom is 0.289 e. The van der Waals surface area contributed by atoms with Crippen LogP contribution in [0.15, 0.2) is 22.6 Å². The molecule has 3 fully saturated rings. The van der Waals surface area contributed by atoms with E-state index in [1.165, 1.54) is 7.11 Å². The Morgan fingerprint density at radius 1 is 1.48 bits per heavy atom. The molecule has 7 nitrogen and oxygen atoms in total. The van der Waals surface area contributed by atoms with E-state index < -0.39 is 5.60 Å². The number of benzene rings is 1. The van der Waals surface area contributed by atoms with Crippen molar-refractivity contribution in [2.45, 2.75) is 11.7 Å². The molecule has 0 unspecified atom stereocenters. The van der Waals surface area contributed by atoms with Crippen molar-refractivity contribution < 1.29 is 23.8 Å². The molecule has 8 heteroatoms. The second kappa shape index (κ2) is 6.10. The molecule has 144 valence electrons. The largest absolute Gasteiger partial charge is 0.493 e. The predicted octanol–water partition coefficient (Wildman–Crippen LogP) is 1.52. The number of fused-ring (bicyclic) bond motifs is 2. The summed E-state index contributed by atoms with van der Waals surface area (Å²) >= 11 is 6.11. The van der Waals surface area contributed by atoms with Crippen LogP contribution < -0.4 is 10.1 Å². The van der Waals surface area contributed by atoms with E-state index in [9.17, 15) is 9.90 Å². The quantitative estimate of drug-likeness (QED) is 0.823. The average molecular weight is 393 g/mol. The maximum absolute atomic E-state index is 13.1. The Balaban J connectivity index is 1.45. The van der Waals surface area contributed by atoms with Crippen molar-refractivity contribution >= 4 is 28.5 Å². The van der Waals surface area contributed by atoms with Crippen LogP contribution in [0.1, 0.15) is 10.6 Å². The van der Waals surface area contributed by atoms with Crippen molar-refractivity contribution in [2.24, 2.45) is 11.8 Å². The maximum atomic E-state index is 13.1. The number of hydrogen-bond acceptors (Lipinski definition) is 6. The molecule has 27 heavy (non-hydrogen) atoms. The van der Waals surface area contributed by atoms with Gasteiger partial charge in [0.05, 0.1) is 19.8 Å². The molecule has 0 aliphatic carbocycles. The van der Waals surface area contributed by atoms with Crippen LogP contribution in [-0.2, 0) is 4.74 Å². The van der Waals surface area contributed by atoms with Crippen LogP contribution in [-0.4, -0.2) is 67.5 Å². The minimum absolute atomic E-state index is 0.0172. The highest BCUT2D eigenvalue weighted by atomic mass is 35.5. The van der Waals surface area contributed by atoms with E-state index in [0.717, 1.165) is 11.9 Å². The molecule has 0 saturated carbocycles. The Kier molecular flexibility index (Phi) is 3.91. The van der Waals surface area contributed by atoms with E-state index in [1.807, 2.05) is 0 Å². The van der Waals surface area contributed by atoms with Gasteiger partial charge in [0.1, 0.15) is 5.60 Å². The summed E-state index contributed by atoms with van der Waals surface area (Å²) in [5.74, 6) is 0.738. The highest BCUT2D eigenvalue weighted by Crippen LogP contribution is 2.47. The van der Waals surface area contributed by atoms with Crippen LogP contribution in [0.2, 0.25) is 5.02 Å². The number of methoxy groups -OCH3 is 1. The number of morpholine rings is 1. The lowest BCUT2D eigenvalue weighted by Crippen LogP contribution is -2.52. The summed E-state index contributed by atoms with van der Waals surface area (Å²) < 4.78 is 17.4. The third kappa shape index (κ3) is 2.49. The van der Waals surface area contributed by atoms with E-state index in [-0.39, 0.29) is 36.2 Å². The summed E-state index contributed by atoms with van der Waals surface area (Å²) in [6, 6.07) is 5.11. The Morgan fingerprint density at radius 3 is 3.11 bits per heavy atom. The van der Waals surface area contributed by atoms with Gasteiger partial charge in [-0.2, -0.15) is 0 Å². The van der Waals surface area contributed by atoms with E-state index >= 15 is 0 Å². The fourth-order valence-electron chi connectivity index (χ4n) is 4.95. The first-order chi connectivity index (χ1) is 13.0. The lowest BCUT2D eigenvalue weighted by molar-refractivity contribution is -0.0727. The molecule has 1 amide bonds. The molecule has 1 spiro atoms. The van der Waals surface area contributed by atoms with Crippen molar-refractivity contribution in [3.8, 4) is 5.75 Å². The topological polar surface area (TPSA) is 84.2 Å². The van der Waals surface area contributed by atoms with E-state index in [0.29, 0.717) is 36.0 Å². The summed E-state index contributed by atoms with van der Waals surface area (Å²) in [5, 5.41) is 14.5. The van der Waals surface area contributed by atoms with Gasteiger partial charge in [-0.3, -0.25) is 4.79 Å². The number of rotatable bonds is 3.